The van der Waals surface area contributed by atoms with Crippen molar-refractivity contribution >= 4 is 23.2 Å². The van der Waals surface area contributed by atoms with Gasteiger partial charge in [-0.05, 0) is 37.3 Å². The number of nitrogens with zero attached hydrogens (tertiary/aromatic N) is 2. The highest BCUT2D eigenvalue weighted by atomic mass is 16.6. The molecular formula is C21H20N4O4. The van der Waals surface area contributed by atoms with Gasteiger partial charge in [0.15, 0.2) is 11.5 Å². The van der Waals surface area contributed by atoms with Crippen LogP contribution in [0, 0.1) is 6.92 Å². The van der Waals surface area contributed by atoms with Gasteiger partial charge in [0.25, 0.3) is 5.91 Å². The van der Waals surface area contributed by atoms with Crippen LogP contribution >= 0.6 is 0 Å². The van der Waals surface area contributed by atoms with Gasteiger partial charge in [0.1, 0.15) is 24.7 Å². The molecule has 0 saturated carbocycles. The smallest absolute Gasteiger partial charge is 0.274 e. The number of anilines is 3. The minimum absolute atomic E-state index is 0.248. The van der Waals surface area contributed by atoms with Gasteiger partial charge in [0.2, 0.25) is 5.95 Å². The molecule has 0 radical (unpaired) electrons. The maximum absolute atomic E-state index is 12.7. The molecule has 1 aliphatic rings. The Balaban J connectivity index is 1.52. The van der Waals surface area contributed by atoms with E-state index in [1.807, 2.05) is 24.3 Å². The lowest BCUT2D eigenvalue weighted by atomic mass is 10.2. The lowest BCUT2D eigenvalue weighted by Gasteiger charge is -2.19. The zero-order chi connectivity index (χ0) is 20.2. The Morgan fingerprint density at radius 1 is 1.00 bits per heavy atom. The number of hydrogen-bond donors (Lipinski definition) is 2. The second-order valence-corrected chi connectivity index (χ2v) is 6.39. The third-order valence-electron chi connectivity index (χ3n) is 4.21. The predicted octanol–water partition coefficient (Wildman–Crippen LogP) is 3.56. The largest absolute Gasteiger partial charge is 0.497 e. The van der Waals surface area contributed by atoms with Crippen LogP contribution in [0.15, 0.2) is 48.5 Å². The van der Waals surface area contributed by atoms with Crippen LogP contribution in [0.3, 0.4) is 0 Å². The third kappa shape index (κ3) is 4.37. The molecule has 0 aliphatic carbocycles. The average molecular weight is 392 g/mol. The second-order valence-electron chi connectivity index (χ2n) is 6.39. The Kier molecular flexibility index (Phi) is 5.15. The van der Waals surface area contributed by atoms with Crippen LogP contribution in [-0.2, 0) is 0 Å². The fraction of sp³-hybridized carbons (Fsp3) is 0.190. The van der Waals surface area contributed by atoms with Crippen LogP contribution in [0.4, 0.5) is 17.3 Å². The molecule has 0 saturated heterocycles. The highest BCUT2D eigenvalue weighted by molar-refractivity contribution is 6.03. The van der Waals surface area contributed by atoms with Gasteiger partial charge >= 0.3 is 0 Å². The number of fused-ring (bicyclic) bond motifs is 1. The van der Waals surface area contributed by atoms with Crippen molar-refractivity contribution in [1.82, 2.24) is 9.97 Å². The number of methoxy groups -OCH3 is 1. The molecule has 148 valence electrons. The summed E-state index contributed by atoms with van der Waals surface area (Å²) in [6.45, 7) is 2.80. The number of amides is 1. The number of hydrogen-bond acceptors (Lipinski definition) is 7. The third-order valence-corrected chi connectivity index (χ3v) is 4.21. The molecule has 2 N–H and O–H groups in total. The second kappa shape index (κ2) is 8.05. The first-order valence-electron chi connectivity index (χ1n) is 9.08. The summed E-state index contributed by atoms with van der Waals surface area (Å²) in [6, 6.07) is 14.3. The van der Waals surface area contributed by atoms with Crippen molar-refractivity contribution in [3.05, 3.63) is 59.9 Å². The monoisotopic (exact) mass is 392 g/mol. The van der Waals surface area contributed by atoms with Crippen LogP contribution in [0.25, 0.3) is 0 Å². The number of benzene rings is 2. The first kappa shape index (κ1) is 18.5. The number of rotatable bonds is 5. The fourth-order valence-corrected chi connectivity index (χ4v) is 2.89. The Labute approximate surface area is 167 Å². The predicted molar refractivity (Wildman–Crippen MR) is 108 cm³/mol. The number of aromatic nitrogens is 2. The molecule has 0 spiro atoms. The average Bonchev–Trinajstić information content (AvgIpc) is 2.73. The molecule has 0 fully saturated rings. The number of nitrogens with one attached hydrogen (secondary N) is 2. The zero-order valence-electron chi connectivity index (χ0n) is 16.1. The molecule has 1 amide bonds. The van der Waals surface area contributed by atoms with E-state index in [0.29, 0.717) is 47.8 Å². The molecule has 8 heteroatoms. The summed E-state index contributed by atoms with van der Waals surface area (Å²) in [6.07, 6.45) is 0. The van der Waals surface area contributed by atoms with E-state index < -0.39 is 0 Å². The minimum Gasteiger partial charge on any atom is -0.497 e. The van der Waals surface area contributed by atoms with Crippen LogP contribution in [0.1, 0.15) is 16.2 Å². The van der Waals surface area contributed by atoms with Gasteiger partial charge in [-0.15, -0.1) is 0 Å². The van der Waals surface area contributed by atoms with Gasteiger partial charge in [0, 0.05) is 29.2 Å². The van der Waals surface area contributed by atoms with Crippen LogP contribution in [0.2, 0.25) is 0 Å². The lowest BCUT2D eigenvalue weighted by Crippen LogP contribution is -2.17. The Morgan fingerprint density at radius 3 is 2.66 bits per heavy atom. The standard InChI is InChI=1S/C21H20N4O4/c1-13-10-17(25-21(22-13)24-14-4-3-5-16(11-14)27-2)20(26)23-15-6-7-18-19(12-15)29-9-8-28-18/h3-7,10-12H,8-9H2,1-2H3,(H,23,26)(H,22,24,25). The van der Waals surface area contributed by atoms with Crippen LogP contribution < -0.4 is 24.8 Å². The minimum atomic E-state index is -0.346. The maximum atomic E-state index is 12.7. The Hall–Kier alpha value is -3.81. The molecule has 4 rings (SSSR count). The van der Waals surface area contributed by atoms with Crippen molar-refractivity contribution in [1.29, 1.82) is 0 Å². The van der Waals surface area contributed by atoms with Crippen molar-refractivity contribution < 1.29 is 19.0 Å². The van der Waals surface area contributed by atoms with Crippen molar-refractivity contribution in [2.75, 3.05) is 31.0 Å². The quantitative estimate of drug-likeness (QED) is 0.685. The number of carbonyl (C=O) groups excluding carboxylic acids is 1. The SMILES string of the molecule is COc1cccc(Nc2nc(C)cc(C(=O)Nc3ccc4c(c3)OCCO4)n2)c1. The van der Waals surface area contributed by atoms with Gasteiger partial charge < -0.3 is 24.8 Å². The van der Waals surface area contributed by atoms with Crippen molar-refractivity contribution in [2.45, 2.75) is 6.92 Å². The van der Waals surface area contributed by atoms with E-state index in [1.54, 1.807) is 38.3 Å². The van der Waals surface area contributed by atoms with Crippen molar-refractivity contribution in [3.63, 3.8) is 0 Å². The zero-order valence-corrected chi connectivity index (χ0v) is 16.1. The number of aryl methyl sites for hydroxylation is 1. The molecule has 29 heavy (non-hydrogen) atoms. The summed E-state index contributed by atoms with van der Waals surface area (Å²) in [5, 5.41) is 5.93. The summed E-state index contributed by atoms with van der Waals surface area (Å²) in [5.74, 6) is 1.95. The van der Waals surface area contributed by atoms with Gasteiger partial charge in [-0.2, -0.15) is 0 Å². The van der Waals surface area contributed by atoms with E-state index in [2.05, 4.69) is 20.6 Å². The van der Waals surface area contributed by atoms with E-state index in [4.69, 9.17) is 14.2 Å². The Bertz CT molecular complexity index is 1050. The van der Waals surface area contributed by atoms with Crippen molar-refractivity contribution in [3.8, 4) is 17.2 Å². The first-order valence-corrected chi connectivity index (χ1v) is 9.08. The molecule has 2 heterocycles. The Morgan fingerprint density at radius 2 is 1.83 bits per heavy atom. The number of carbonyl (C=O) groups is 1. The topological polar surface area (TPSA) is 94.6 Å². The molecule has 3 aromatic rings. The molecule has 0 atom stereocenters. The number of ether oxygens (including phenoxy) is 3. The highest BCUT2D eigenvalue weighted by Crippen LogP contribution is 2.32. The molecule has 0 bridgehead atoms. The summed E-state index contributed by atoms with van der Waals surface area (Å²) in [4.78, 5) is 21.4. The van der Waals surface area contributed by atoms with E-state index in [0.717, 1.165) is 5.69 Å². The fourth-order valence-electron chi connectivity index (χ4n) is 2.89. The maximum Gasteiger partial charge on any atom is 0.274 e. The van der Waals surface area contributed by atoms with E-state index in [1.165, 1.54) is 0 Å². The van der Waals surface area contributed by atoms with Gasteiger partial charge in [-0.1, -0.05) is 6.07 Å². The first-order chi connectivity index (χ1) is 14.1. The lowest BCUT2D eigenvalue weighted by molar-refractivity contribution is 0.102. The molecule has 8 nitrogen and oxygen atoms in total. The van der Waals surface area contributed by atoms with Crippen molar-refractivity contribution in [2.24, 2.45) is 0 Å². The molecule has 1 aliphatic heterocycles. The van der Waals surface area contributed by atoms with E-state index in [9.17, 15) is 4.79 Å². The van der Waals surface area contributed by atoms with Gasteiger partial charge in [-0.3, -0.25) is 4.79 Å². The summed E-state index contributed by atoms with van der Waals surface area (Å²) >= 11 is 0. The van der Waals surface area contributed by atoms with Crippen LogP contribution in [-0.4, -0.2) is 36.2 Å². The van der Waals surface area contributed by atoms with Crippen LogP contribution in [0.5, 0.6) is 17.2 Å². The molecular weight excluding hydrogens is 372 g/mol. The summed E-state index contributed by atoms with van der Waals surface area (Å²) < 4.78 is 16.3. The molecule has 1 aromatic heterocycles. The summed E-state index contributed by atoms with van der Waals surface area (Å²) in [5.41, 5.74) is 2.27. The molecule has 2 aromatic carbocycles. The van der Waals surface area contributed by atoms with Gasteiger partial charge in [0.05, 0.1) is 7.11 Å². The highest BCUT2D eigenvalue weighted by Gasteiger charge is 2.15. The van der Waals surface area contributed by atoms with Gasteiger partial charge in [-0.25, -0.2) is 9.97 Å². The normalized spacial score (nSPS) is 12.2. The van der Waals surface area contributed by atoms with E-state index >= 15 is 0 Å². The van der Waals surface area contributed by atoms with E-state index in [-0.39, 0.29) is 11.6 Å². The molecule has 0 unspecified atom stereocenters. The summed E-state index contributed by atoms with van der Waals surface area (Å²) in [7, 11) is 1.60.